The number of fused-ring (bicyclic) bond motifs is 1. The van der Waals surface area contributed by atoms with Crippen molar-refractivity contribution in [1.82, 2.24) is 14.6 Å². The Morgan fingerprint density at radius 1 is 1.10 bits per heavy atom. The summed E-state index contributed by atoms with van der Waals surface area (Å²) in [6, 6.07) is 19.1. The molecule has 0 atom stereocenters. The zero-order valence-corrected chi connectivity index (χ0v) is 11.3. The Hall–Kier alpha value is -2.46. The van der Waals surface area contributed by atoms with E-state index in [1.807, 2.05) is 53.2 Å². The monoisotopic (exact) mass is 276 g/mol. The third-order valence-electron chi connectivity index (χ3n) is 3.14. The Morgan fingerprint density at radius 3 is 2.90 bits per heavy atom. The zero-order chi connectivity index (χ0) is 13.4. The molecule has 4 rings (SSSR count). The summed E-state index contributed by atoms with van der Waals surface area (Å²) in [6.45, 7) is 0. The number of imidazole rings is 1. The lowest BCUT2D eigenvalue weighted by molar-refractivity contribution is 0.951. The lowest BCUT2D eigenvalue weighted by atomic mass is 10.2. The maximum Gasteiger partial charge on any atom is 0.154 e. The van der Waals surface area contributed by atoms with Crippen LogP contribution in [0.4, 0.5) is 0 Å². The second-order valence-electron chi connectivity index (χ2n) is 4.40. The zero-order valence-electron chi connectivity index (χ0n) is 10.5. The van der Waals surface area contributed by atoms with Crippen LogP contribution in [0.15, 0.2) is 60.1 Å². The molecule has 0 bridgehead atoms. The minimum Gasteiger partial charge on any atom is -0.235 e. The lowest BCUT2D eigenvalue weighted by Crippen LogP contribution is -1.95. The van der Waals surface area contributed by atoms with Crippen molar-refractivity contribution in [3.63, 3.8) is 0 Å². The molecular formula is C16H10N3S. The van der Waals surface area contributed by atoms with Gasteiger partial charge in [0.1, 0.15) is 5.69 Å². The quantitative estimate of drug-likeness (QED) is 0.555. The molecule has 0 saturated carbocycles. The molecule has 0 aliphatic carbocycles. The number of nitrogens with zero attached hydrogens (tertiary/aromatic N) is 3. The highest BCUT2D eigenvalue weighted by atomic mass is 32.1. The highest BCUT2D eigenvalue weighted by Gasteiger charge is 2.08. The number of benzene rings is 1. The van der Waals surface area contributed by atoms with Crippen LogP contribution in [0.3, 0.4) is 0 Å². The van der Waals surface area contributed by atoms with E-state index >= 15 is 0 Å². The first-order chi connectivity index (χ1) is 9.92. The molecule has 3 nitrogen and oxygen atoms in total. The van der Waals surface area contributed by atoms with Crippen LogP contribution in [0.25, 0.3) is 27.5 Å². The smallest absolute Gasteiger partial charge is 0.154 e. The van der Waals surface area contributed by atoms with E-state index in [9.17, 15) is 0 Å². The van der Waals surface area contributed by atoms with Gasteiger partial charge in [-0.2, -0.15) is 5.10 Å². The summed E-state index contributed by atoms with van der Waals surface area (Å²) in [6.07, 6.45) is 1.85. The maximum atomic E-state index is 4.70. The van der Waals surface area contributed by atoms with E-state index in [2.05, 4.69) is 22.5 Å². The third-order valence-corrected chi connectivity index (χ3v) is 4.03. The molecule has 0 aliphatic heterocycles. The Bertz CT molecular complexity index is 848. The molecule has 0 N–H and O–H groups in total. The Morgan fingerprint density at radius 2 is 2.10 bits per heavy atom. The van der Waals surface area contributed by atoms with Gasteiger partial charge in [0.15, 0.2) is 5.65 Å². The van der Waals surface area contributed by atoms with E-state index in [4.69, 9.17) is 5.10 Å². The first-order valence-corrected chi connectivity index (χ1v) is 7.15. The molecule has 0 amide bonds. The minimum absolute atomic E-state index is 0.851. The van der Waals surface area contributed by atoms with Crippen LogP contribution in [-0.4, -0.2) is 14.6 Å². The van der Waals surface area contributed by atoms with Crippen LogP contribution in [-0.2, 0) is 0 Å². The van der Waals surface area contributed by atoms with Crippen molar-refractivity contribution in [3.05, 3.63) is 66.2 Å². The van der Waals surface area contributed by atoms with Crippen molar-refractivity contribution in [3.8, 4) is 21.8 Å². The summed E-state index contributed by atoms with van der Waals surface area (Å²) in [5, 5.41) is 6.76. The molecule has 0 fully saturated rings. The average Bonchev–Trinajstić information content (AvgIpc) is 3.17. The summed E-state index contributed by atoms with van der Waals surface area (Å²) in [5.74, 6) is 0. The normalized spacial score (nSPS) is 11.0. The predicted molar refractivity (Wildman–Crippen MR) is 80.6 cm³/mol. The number of aromatic nitrogens is 3. The van der Waals surface area contributed by atoms with Crippen molar-refractivity contribution >= 4 is 17.0 Å². The molecule has 0 aliphatic rings. The van der Waals surface area contributed by atoms with Crippen LogP contribution in [0.5, 0.6) is 0 Å². The Kier molecular flexibility index (Phi) is 2.60. The number of thiophene rings is 1. The van der Waals surface area contributed by atoms with Crippen LogP contribution in [0.1, 0.15) is 0 Å². The molecule has 0 unspecified atom stereocenters. The van der Waals surface area contributed by atoms with Gasteiger partial charge in [0.25, 0.3) is 0 Å². The summed E-state index contributed by atoms with van der Waals surface area (Å²) in [5.41, 5.74) is 3.86. The van der Waals surface area contributed by atoms with Crippen molar-refractivity contribution in [1.29, 1.82) is 0 Å². The van der Waals surface area contributed by atoms with Gasteiger partial charge in [0, 0.05) is 5.56 Å². The second-order valence-corrected chi connectivity index (χ2v) is 5.35. The SMILES string of the molecule is [c]1cccc(-c2cnc3ccc(-c4cccs4)nn23)c1. The van der Waals surface area contributed by atoms with E-state index in [1.54, 1.807) is 11.3 Å². The Balaban J connectivity index is 1.93. The van der Waals surface area contributed by atoms with Gasteiger partial charge in [-0.15, -0.1) is 11.3 Å². The van der Waals surface area contributed by atoms with Crippen molar-refractivity contribution in [2.75, 3.05) is 0 Å². The average molecular weight is 276 g/mol. The third kappa shape index (κ3) is 1.82. The van der Waals surface area contributed by atoms with E-state index in [1.165, 1.54) is 0 Å². The van der Waals surface area contributed by atoms with Crippen molar-refractivity contribution in [2.45, 2.75) is 0 Å². The molecule has 1 aromatic carbocycles. The summed E-state index contributed by atoms with van der Waals surface area (Å²) >= 11 is 1.69. The van der Waals surface area contributed by atoms with Gasteiger partial charge in [0.2, 0.25) is 0 Å². The van der Waals surface area contributed by atoms with Crippen LogP contribution in [0, 0.1) is 6.07 Å². The van der Waals surface area contributed by atoms with E-state index in [0.717, 1.165) is 27.5 Å². The fourth-order valence-electron chi connectivity index (χ4n) is 2.18. The molecule has 0 spiro atoms. The van der Waals surface area contributed by atoms with Gasteiger partial charge in [-0.05, 0) is 35.7 Å². The molecular weight excluding hydrogens is 266 g/mol. The predicted octanol–water partition coefficient (Wildman–Crippen LogP) is 3.92. The van der Waals surface area contributed by atoms with E-state index < -0.39 is 0 Å². The fourth-order valence-corrected chi connectivity index (χ4v) is 2.87. The number of hydrogen-bond donors (Lipinski definition) is 0. The number of hydrogen-bond acceptors (Lipinski definition) is 3. The number of rotatable bonds is 2. The molecule has 4 heteroatoms. The first kappa shape index (κ1) is 11.4. The lowest BCUT2D eigenvalue weighted by Gasteiger charge is -2.02. The van der Waals surface area contributed by atoms with Crippen molar-refractivity contribution < 1.29 is 0 Å². The van der Waals surface area contributed by atoms with Gasteiger partial charge < -0.3 is 0 Å². The molecule has 95 valence electrons. The van der Waals surface area contributed by atoms with Gasteiger partial charge >= 0.3 is 0 Å². The molecule has 3 heterocycles. The van der Waals surface area contributed by atoms with Crippen LogP contribution >= 0.6 is 11.3 Å². The largest absolute Gasteiger partial charge is 0.235 e. The van der Waals surface area contributed by atoms with Gasteiger partial charge in [-0.1, -0.05) is 24.3 Å². The van der Waals surface area contributed by atoms with Crippen molar-refractivity contribution in [2.24, 2.45) is 0 Å². The molecule has 4 aromatic rings. The highest BCUT2D eigenvalue weighted by molar-refractivity contribution is 7.13. The molecule has 0 saturated heterocycles. The van der Waals surface area contributed by atoms with E-state index in [0.29, 0.717) is 0 Å². The highest BCUT2D eigenvalue weighted by Crippen LogP contribution is 2.25. The summed E-state index contributed by atoms with van der Waals surface area (Å²) in [4.78, 5) is 5.57. The summed E-state index contributed by atoms with van der Waals surface area (Å²) < 4.78 is 1.89. The van der Waals surface area contributed by atoms with Gasteiger partial charge in [-0.25, -0.2) is 9.50 Å². The summed E-state index contributed by atoms with van der Waals surface area (Å²) in [7, 11) is 0. The second kappa shape index (κ2) is 4.58. The van der Waals surface area contributed by atoms with Crippen LogP contribution < -0.4 is 0 Å². The molecule has 3 aromatic heterocycles. The topological polar surface area (TPSA) is 30.2 Å². The van der Waals surface area contributed by atoms with E-state index in [-0.39, 0.29) is 0 Å². The fraction of sp³-hybridized carbons (Fsp3) is 0. The van der Waals surface area contributed by atoms with Crippen LogP contribution in [0.2, 0.25) is 0 Å². The van der Waals surface area contributed by atoms with Gasteiger partial charge in [-0.3, -0.25) is 0 Å². The Labute approximate surface area is 120 Å². The molecule has 20 heavy (non-hydrogen) atoms. The minimum atomic E-state index is 0.851. The van der Waals surface area contributed by atoms with Gasteiger partial charge in [0.05, 0.1) is 16.8 Å². The standard InChI is InChI=1S/C16H10N3S/c1-2-5-12(6-3-1)14-11-17-16-9-8-13(18-19(14)16)15-7-4-10-20-15/h1-2,4-11H. The molecule has 1 radical (unpaired) electrons. The maximum absolute atomic E-state index is 4.70. The first-order valence-electron chi connectivity index (χ1n) is 6.27.